The zero-order valence-electron chi connectivity index (χ0n) is 10.8. The lowest BCUT2D eigenvalue weighted by atomic mass is 10.2. The van der Waals surface area contributed by atoms with Crippen LogP contribution in [0.25, 0.3) is 0 Å². The number of anilines is 1. The van der Waals surface area contributed by atoms with Crippen molar-refractivity contribution in [3.8, 4) is 5.75 Å². The second-order valence-corrected chi connectivity index (χ2v) is 4.78. The van der Waals surface area contributed by atoms with Crippen molar-refractivity contribution in [3.05, 3.63) is 47.5 Å². The van der Waals surface area contributed by atoms with Crippen molar-refractivity contribution in [2.75, 3.05) is 12.3 Å². The summed E-state index contributed by atoms with van der Waals surface area (Å²) in [7, 11) is 0. The molecule has 1 heterocycles. The Labute approximate surface area is 112 Å². The number of nitrogens with two attached hydrogens (primary N) is 1. The first-order valence-electron chi connectivity index (χ1n) is 6.63. The van der Waals surface area contributed by atoms with Gasteiger partial charge in [0.2, 0.25) is 0 Å². The third kappa shape index (κ3) is 2.84. The minimum absolute atomic E-state index is 0.586. The second-order valence-electron chi connectivity index (χ2n) is 4.78. The van der Waals surface area contributed by atoms with Crippen LogP contribution < -0.4 is 10.5 Å². The average molecular weight is 255 g/mol. The molecule has 3 rings (SSSR count). The first-order chi connectivity index (χ1) is 9.31. The zero-order valence-corrected chi connectivity index (χ0v) is 10.8. The van der Waals surface area contributed by atoms with Gasteiger partial charge in [0, 0.05) is 24.0 Å². The summed E-state index contributed by atoms with van der Waals surface area (Å²) in [6.07, 6.45) is 6.11. The summed E-state index contributed by atoms with van der Waals surface area (Å²) in [6, 6.07) is 7.42. The van der Waals surface area contributed by atoms with E-state index in [1.165, 1.54) is 17.7 Å². The molecule has 0 saturated heterocycles. The molecular formula is C15H17N3O. The highest BCUT2D eigenvalue weighted by molar-refractivity contribution is 5.41. The summed E-state index contributed by atoms with van der Waals surface area (Å²) in [5, 5.41) is 0. The van der Waals surface area contributed by atoms with E-state index in [0.717, 1.165) is 36.5 Å². The number of rotatable bonds is 4. The van der Waals surface area contributed by atoms with Crippen LogP contribution in [-0.4, -0.2) is 16.6 Å². The number of nitrogen functional groups attached to an aromatic ring is 1. The fraction of sp³-hybridized carbons (Fsp3) is 0.333. The van der Waals surface area contributed by atoms with E-state index in [1.807, 2.05) is 30.5 Å². The largest absolute Gasteiger partial charge is 0.493 e. The molecule has 1 aromatic heterocycles. The molecule has 1 aromatic carbocycles. The van der Waals surface area contributed by atoms with Crippen molar-refractivity contribution < 1.29 is 4.74 Å². The Kier molecular flexibility index (Phi) is 3.31. The SMILES string of the molecule is Nc1ccc(OCCc2ncc3c(n2)CCC3)cc1. The fourth-order valence-corrected chi connectivity index (χ4v) is 2.30. The number of nitrogens with zero attached hydrogens (tertiary/aromatic N) is 2. The molecule has 2 aromatic rings. The Hall–Kier alpha value is -2.10. The van der Waals surface area contributed by atoms with Gasteiger partial charge >= 0.3 is 0 Å². The van der Waals surface area contributed by atoms with Gasteiger partial charge in [0.25, 0.3) is 0 Å². The predicted molar refractivity (Wildman–Crippen MR) is 74.1 cm³/mol. The molecule has 1 aliphatic carbocycles. The molecule has 98 valence electrons. The minimum atomic E-state index is 0.586. The molecule has 19 heavy (non-hydrogen) atoms. The van der Waals surface area contributed by atoms with E-state index in [-0.39, 0.29) is 0 Å². The van der Waals surface area contributed by atoms with Gasteiger partial charge in [-0.15, -0.1) is 0 Å². The molecule has 0 radical (unpaired) electrons. The maximum absolute atomic E-state index is 5.65. The third-order valence-electron chi connectivity index (χ3n) is 3.34. The van der Waals surface area contributed by atoms with Crippen LogP contribution in [0, 0.1) is 0 Å². The Morgan fingerprint density at radius 1 is 1.16 bits per heavy atom. The average Bonchev–Trinajstić information content (AvgIpc) is 2.88. The number of aryl methyl sites for hydroxylation is 2. The van der Waals surface area contributed by atoms with Gasteiger partial charge in [-0.3, -0.25) is 0 Å². The lowest BCUT2D eigenvalue weighted by Gasteiger charge is -2.06. The van der Waals surface area contributed by atoms with Gasteiger partial charge in [-0.2, -0.15) is 0 Å². The first-order valence-corrected chi connectivity index (χ1v) is 6.63. The summed E-state index contributed by atoms with van der Waals surface area (Å²) in [6.45, 7) is 0.586. The van der Waals surface area contributed by atoms with Crippen molar-refractivity contribution in [1.82, 2.24) is 9.97 Å². The molecular weight excluding hydrogens is 238 g/mol. The molecule has 0 bridgehead atoms. The van der Waals surface area contributed by atoms with Crippen molar-refractivity contribution in [2.45, 2.75) is 25.7 Å². The lowest BCUT2D eigenvalue weighted by Crippen LogP contribution is -2.06. The smallest absolute Gasteiger partial charge is 0.131 e. The van der Waals surface area contributed by atoms with Gasteiger partial charge in [-0.25, -0.2) is 9.97 Å². The monoisotopic (exact) mass is 255 g/mol. The van der Waals surface area contributed by atoms with E-state index in [9.17, 15) is 0 Å². The Morgan fingerprint density at radius 3 is 2.84 bits per heavy atom. The van der Waals surface area contributed by atoms with Gasteiger partial charge in [0.1, 0.15) is 11.6 Å². The number of benzene rings is 1. The summed E-state index contributed by atoms with van der Waals surface area (Å²) in [5.41, 5.74) is 8.90. The summed E-state index contributed by atoms with van der Waals surface area (Å²) < 4.78 is 5.65. The Balaban J connectivity index is 1.56. The fourth-order valence-electron chi connectivity index (χ4n) is 2.30. The van der Waals surface area contributed by atoms with Crippen LogP contribution in [0.2, 0.25) is 0 Å². The molecule has 0 saturated carbocycles. The van der Waals surface area contributed by atoms with Crippen LogP contribution in [0.5, 0.6) is 5.75 Å². The maximum Gasteiger partial charge on any atom is 0.131 e. The Morgan fingerprint density at radius 2 is 2.00 bits per heavy atom. The summed E-state index contributed by atoms with van der Waals surface area (Å²) in [4.78, 5) is 8.97. The van der Waals surface area contributed by atoms with E-state index in [4.69, 9.17) is 10.5 Å². The van der Waals surface area contributed by atoms with Crippen LogP contribution in [-0.2, 0) is 19.3 Å². The van der Waals surface area contributed by atoms with Gasteiger partial charge in [0.15, 0.2) is 0 Å². The normalized spacial score (nSPS) is 13.3. The van der Waals surface area contributed by atoms with E-state index in [1.54, 1.807) is 0 Å². The second kappa shape index (κ2) is 5.26. The highest BCUT2D eigenvalue weighted by atomic mass is 16.5. The third-order valence-corrected chi connectivity index (χ3v) is 3.34. The van der Waals surface area contributed by atoms with Crippen LogP contribution in [0.1, 0.15) is 23.5 Å². The van der Waals surface area contributed by atoms with Gasteiger partial charge in [-0.1, -0.05) is 0 Å². The van der Waals surface area contributed by atoms with E-state index >= 15 is 0 Å². The maximum atomic E-state index is 5.65. The number of hydrogen-bond donors (Lipinski definition) is 1. The molecule has 0 spiro atoms. The molecule has 0 unspecified atom stereocenters. The lowest BCUT2D eigenvalue weighted by molar-refractivity contribution is 0.319. The van der Waals surface area contributed by atoms with Crippen molar-refractivity contribution >= 4 is 5.69 Å². The molecule has 0 fully saturated rings. The van der Waals surface area contributed by atoms with Crippen molar-refractivity contribution in [2.24, 2.45) is 0 Å². The van der Waals surface area contributed by atoms with Gasteiger partial charge in [-0.05, 0) is 49.1 Å². The van der Waals surface area contributed by atoms with Gasteiger partial charge < -0.3 is 10.5 Å². The van der Waals surface area contributed by atoms with Crippen LogP contribution >= 0.6 is 0 Å². The minimum Gasteiger partial charge on any atom is -0.493 e. The molecule has 0 amide bonds. The predicted octanol–water partition coefficient (Wildman–Crippen LogP) is 2.17. The van der Waals surface area contributed by atoms with Crippen molar-refractivity contribution in [1.29, 1.82) is 0 Å². The molecule has 0 aliphatic heterocycles. The van der Waals surface area contributed by atoms with Crippen molar-refractivity contribution in [3.63, 3.8) is 0 Å². The number of ether oxygens (including phenoxy) is 1. The quantitative estimate of drug-likeness (QED) is 0.850. The highest BCUT2D eigenvalue weighted by Crippen LogP contribution is 2.19. The molecule has 2 N–H and O–H groups in total. The van der Waals surface area contributed by atoms with Crippen LogP contribution in [0.4, 0.5) is 5.69 Å². The molecule has 4 heteroatoms. The topological polar surface area (TPSA) is 61.0 Å². The number of aromatic nitrogens is 2. The molecule has 0 atom stereocenters. The van der Waals surface area contributed by atoms with E-state index in [0.29, 0.717) is 6.61 Å². The van der Waals surface area contributed by atoms with Crippen LogP contribution in [0.3, 0.4) is 0 Å². The summed E-state index contributed by atoms with van der Waals surface area (Å²) >= 11 is 0. The molecule has 4 nitrogen and oxygen atoms in total. The van der Waals surface area contributed by atoms with E-state index < -0.39 is 0 Å². The van der Waals surface area contributed by atoms with Gasteiger partial charge in [0.05, 0.1) is 6.61 Å². The molecule has 1 aliphatic rings. The number of hydrogen-bond acceptors (Lipinski definition) is 4. The first kappa shape index (κ1) is 12.0. The standard InChI is InChI=1S/C15H17N3O/c16-12-4-6-13(7-5-12)19-9-8-15-17-10-11-2-1-3-14(11)18-15/h4-7,10H,1-3,8-9,16H2. The zero-order chi connectivity index (χ0) is 13.1. The Bertz CT molecular complexity index is 566. The number of fused-ring (bicyclic) bond motifs is 1. The highest BCUT2D eigenvalue weighted by Gasteiger charge is 2.13. The van der Waals surface area contributed by atoms with E-state index in [2.05, 4.69) is 9.97 Å². The van der Waals surface area contributed by atoms with Crippen LogP contribution in [0.15, 0.2) is 30.5 Å². The summed E-state index contributed by atoms with van der Waals surface area (Å²) in [5.74, 6) is 1.70.